The number of rotatable bonds is 9. The molecule has 0 aromatic heterocycles. The van der Waals surface area contributed by atoms with Gasteiger partial charge in [-0.15, -0.1) is 0 Å². The van der Waals surface area contributed by atoms with Gasteiger partial charge in [0, 0.05) is 26.6 Å². The van der Waals surface area contributed by atoms with Crippen LogP contribution in [0.15, 0.2) is 48.5 Å². The van der Waals surface area contributed by atoms with E-state index < -0.39 is 12.0 Å². The number of piperidine rings is 1. The molecule has 0 saturated carbocycles. The number of nitrogens with zero attached hydrogens (tertiary/aromatic N) is 1. The van der Waals surface area contributed by atoms with Crippen LogP contribution >= 0.6 is 0 Å². The van der Waals surface area contributed by atoms with Gasteiger partial charge in [0.05, 0.1) is 25.2 Å². The van der Waals surface area contributed by atoms with Crippen molar-refractivity contribution in [2.75, 3.05) is 26.9 Å². The molecular weight excluding hydrogens is 399 g/mol. The molecule has 7 heteroatoms. The fraction of sp³-hybridized carbons (Fsp3) is 0.417. The van der Waals surface area contributed by atoms with E-state index in [1.54, 1.807) is 24.1 Å². The lowest BCUT2D eigenvalue weighted by molar-refractivity contribution is -0.144. The van der Waals surface area contributed by atoms with Crippen LogP contribution in [0.3, 0.4) is 0 Å². The van der Waals surface area contributed by atoms with Crippen molar-refractivity contribution in [3.63, 3.8) is 0 Å². The van der Waals surface area contributed by atoms with E-state index in [1.807, 2.05) is 31.2 Å². The first-order valence-corrected chi connectivity index (χ1v) is 10.6. The Morgan fingerprint density at radius 1 is 1.16 bits per heavy atom. The summed E-state index contributed by atoms with van der Waals surface area (Å²) in [7, 11) is 1.57. The van der Waals surface area contributed by atoms with Gasteiger partial charge in [0.25, 0.3) is 0 Å². The number of ether oxygens (including phenoxy) is 2. The lowest BCUT2D eigenvalue weighted by atomic mass is 9.83. The number of carbonyl (C=O) groups excluding carboxylic acids is 2. The number of hydrogen-bond acceptors (Lipinski definition) is 4. The zero-order valence-corrected chi connectivity index (χ0v) is 18.0. The molecule has 1 heterocycles. The van der Waals surface area contributed by atoms with E-state index >= 15 is 0 Å². The molecule has 2 unspecified atom stereocenters. The van der Waals surface area contributed by atoms with Crippen molar-refractivity contribution in [3.8, 4) is 5.75 Å². The normalized spacial score (nSPS) is 18.7. The van der Waals surface area contributed by atoms with E-state index in [9.17, 15) is 14.0 Å². The van der Waals surface area contributed by atoms with E-state index in [-0.39, 0.29) is 17.6 Å². The second kappa shape index (κ2) is 10.9. The topological polar surface area (TPSA) is 67.9 Å². The van der Waals surface area contributed by atoms with Crippen LogP contribution < -0.4 is 10.1 Å². The van der Waals surface area contributed by atoms with Crippen LogP contribution in [-0.2, 0) is 20.9 Å². The van der Waals surface area contributed by atoms with Gasteiger partial charge in [-0.2, -0.15) is 0 Å². The summed E-state index contributed by atoms with van der Waals surface area (Å²) in [5.74, 6) is -0.151. The van der Waals surface area contributed by atoms with E-state index in [0.717, 1.165) is 16.9 Å². The van der Waals surface area contributed by atoms with Crippen LogP contribution in [0, 0.1) is 11.7 Å². The molecule has 166 valence electrons. The molecule has 2 aromatic rings. The fourth-order valence-corrected chi connectivity index (χ4v) is 3.94. The molecule has 0 aliphatic carbocycles. The van der Waals surface area contributed by atoms with Crippen LogP contribution in [0.1, 0.15) is 36.9 Å². The molecule has 3 rings (SSSR count). The van der Waals surface area contributed by atoms with E-state index in [1.165, 1.54) is 12.1 Å². The largest absolute Gasteiger partial charge is 0.494 e. The van der Waals surface area contributed by atoms with Crippen LogP contribution in [0.2, 0.25) is 0 Å². The summed E-state index contributed by atoms with van der Waals surface area (Å²) in [5.41, 5.74) is 1.70. The molecule has 6 nitrogen and oxygen atoms in total. The molecule has 0 bridgehead atoms. The Balaban J connectivity index is 1.76. The first kappa shape index (κ1) is 22.7. The fourth-order valence-electron chi connectivity index (χ4n) is 3.94. The molecule has 2 atom stereocenters. The summed E-state index contributed by atoms with van der Waals surface area (Å²) in [6.45, 7) is 3.64. The minimum atomic E-state index is -0.461. The van der Waals surface area contributed by atoms with Gasteiger partial charge in [0.2, 0.25) is 11.8 Å². The molecule has 0 radical (unpaired) electrons. The van der Waals surface area contributed by atoms with Gasteiger partial charge in [-0.25, -0.2) is 4.39 Å². The maximum Gasteiger partial charge on any atom is 0.225 e. The maximum atomic E-state index is 13.5. The smallest absolute Gasteiger partial charge is 0.225 e. The average Bonchev–Trinajstić information content (AvgIpc) is 2.78. The summed E-state index contributed by atoms with van der Waals surface area (Å²) in [6, 6.07) is 13.1. The third kappa shape index (κ3) is 5.82. The molecule has 0 spiro atoms. The predicted molar refractivity (Wildman–Crippen MR) is 115 cm³/mol. The molecule has 1 aliphatic heterocycles. The molecule has 1 fully saturated rings. The Kier molecular flexibility index (Phi) is 8.00. The number of amides is 2. The highest BCUT2D eigenvalue weighted by Crippen LogP contribution is 2.37. The molecule has 2 amide bonds. The predicted octanol–water partition coefficient (Wildman–Crippen LogP) is 3.47. The molecule has 1 N–H and O–H groups in total. The third-order valence-electron chi connectivity index (χ3n) is 5.49. The highest BCUT2D eigenvalue weighted by Gasteiger charge is 2.40. The molecular formula is C24H29FN2O4. The number of carbonyl (C=O) groups is 2. The van der Waals surface area contributed by atoms with Crippen LogP contribution in [0.4, 0.5) is 4.39 Å². The van der Waals surface area contributed by atoms with Crippen LogP contribution in [0.25, 0.3) is 0 Å². The zero-order chi connectivity index (χ0) is 22.2. The Morgan fingerprint density at radius 2 is 1.87 bits per heavy atom. The lowest BCUT2D eigenvalue weighted by Crippen LogP contribution is -2.49. The highest BCUT2D eigenvalue weighted by molar-refractivity contribution is 5.85. The molecule has 1 saturated heterocycles. The van der Waals surface area contributed by atoms with Crippen molar-refractivity contribution >= 4 is 11.8 Å². The Morgan fingerprint density at radius 3 is 2.52 bits per heavy atom. The van der Waals surface area contributed by atoms with Crippen LogP contribution in [0.5, 0.6) is 5.75 Å². The molecule has 31 heavy (non-hydrogen) atoms. The highest BCUT2D eigenvalue weighted by atomic mass is 19.1. The van der Waals surface area contributed by atoms with Crippen LogP contribution in [-0.4, -0.2) is 43.6 Å². The SMILES string of the molecule is CCOc1ccc(CNC(=O)C2CCC(=O)N(CCOC)C2c2ccc(F)cc2)cc1. The van der Waals surface area contributed by atoms with Gasteiger partial charge in [0.1, 0.15) is 11.6 Å². The van der Waals surface area contributed by atoms with Gasteiger partial charge in [-0.05, 0) is 48.7 Å². The van der Waals surface area contributed by atoms with Gasteiger partial charge in [-0.1, -0.05) is 24.3 Å². The van der Waals surface area contributed by atoms with Gasteiger partial charge in [-0.3, -0.25) is 9.59 Å². The molecule has 2 aromatic carbocycles. The summed E-state index contributed by atoms with van der Waals surface area (Å²) >= 11 is 0. The van der Waals surface area contributed by atoms with Gasteiger partial charge in [0.15, 0.2) is 0 Å². The van der Waals surface area contributed by atoms with Crippen molar-refractivity contribution in [2.24, 2.45) is 5.92 Å². The number of nitrogens with one attached hydrogen (secondary N) is 1. The van der Waals surface area contributed by atoms with Crippen molar-refractivity contribution < 1.29 is 23.5 Å². The number of likely N-dealkylation sites (tertiary alicyclic amines) is 1. The summed E-state index contributed by atoms with van der Waals surface area (Å²) in [4.78, 5) is 27.5. The summed E-state index contributed by atoms with van der Waals surface area (Å²) in [6.07, 6.45) is 0.738. The monoisotopic (exact) mass is 428 g/mol. The second-order valence-electron chi connectivity index (χ2n) is 7.52. The Labute approximate surface area is 182 Å². The van der Waals surface area contributed by atoms with Crippen molar-refractivity contribution in [1.29, 1.82) is 0 Å². The minimum Gasteiger partial charge on any atom is -0.494 e. The number of methoxy groups -OCH3 is 1. The maximum absolute atomic E-state index is 13.5. The Bertz CT molecular complexity index is 870. The second-order valence-corrected chi connectivity index (χ2v) is 7.52. The summed E-state index contributed by atoms with van der Waals surface area (Å²) < 4.78 is 24.1. The van der Waals surface area contributed by atoms with Crippen molar-refractivity contribution in [2.45, 2.75) is 32.4 Å². The average molecular weight is 429 g/mol. The van der Waals surface area contributed by atoms with Gasteiger partial charge < -0.3 is 19.7 Å². The number of benzene rings is 2. The standard InChI is InChI=1S/C24H29FN2O4/c1-3-31-20-10-4-17(5-11-20)16-26-24(29)21-12-13-22(28)27(14-15-30-2)23(21)18-6-8-19(25)9-7-18/h4-11,21,23H,3,12-16H2,1-2H3,(H,26,29). The number of hydrogen-bond donors (Lipinski definition) is 1. The molecule has 1 aliphatic rings. The lowest BCUT2D eigenvalue weighted by Gasteiger charge is -2.40. The quantitative estimate of drug-likeness (QED) is 0.664. The first-order chi connectivity index (χ1) is 15.0. The van der Waals surface area contributed by atoms with Crippen molar-refractivity contribution in [1.82, 2.24) is 10.2 Å². The zero-order valence-electron chi connectivity index (χ0n) is 18.0. The number of halogens is 1. The van der Waals surface area contributed by atoms with E-state index in [4.69, 9.17) is 9.47 Å². The summed E-state index contributed by atoms with van der Waals surface area (Å²) in [5, 5.41) is 3.00. The first-order valence-electron chi connectivity index (χ1n) is 10.6. The van der Waals surface area contributed by atoms with E-state index in [0.29, 0.717) is 39.1 Å². The van der Waals surface area contributed by atoms with Gasteiger partial charge >= 0.3 is 0 Å². The van der Waals surface area contributed by atoms with Crippen molar-refractivity contribution in [3.05, 3.63) is 65.5 Å². The van der Waals surface area contributed by atoms with E-state index in [2.05, 4.69) is 5.32 Å². The minimum absolute atomic E-state index is 0.0260. The third-order valence-corrected chi connectivity index (χ3v) is 5.49. The Hall–Kier alpha value is -2.93.